The molecule has 1 amide bonds. The number of rotatable bonds is 5. The minimum Gasteiger partial charge on any atom is -0.487 e. The molecule has 4 nitrogen and oxygen atoms in total. The number of carbonyl (C=O) groups is 1. The molecule has 0 unspecified atom stereocenters. The Bertz CT molecular complexity index is 401. The number of nitrogens with two attached hydrogens (primary N) is 1. The Morgan fingerprint density at radius 1 is 1.47 bits per heavy atom. The van der Waals surface area contributed by atoms with Gasteiger partial charge in [-0.1, -0.05) is 0 Å². The van der Waals surface area contributed by atoms with Gasteiger partial charge in [-0.3, -0.25) is 4.79 Å². The summed E-state index contributed by atoms with van der Waals surface area (Å²) in [6.07, 6.45) is 1.26. The van der Waals surface area contributed by atoms with Crippen LogP contribution >= 0.6 is 0 Å². The van der Waals surface area contributed by atoms with Gasteiger partial charge in [-0.05, 0) is 30.3 Å². The number of anilines is 1. The average molecular weight is 238 g/mol. The quantitative estimate of drug-likeness (QED) is 0.822. The lowest BCUT2D eigenvalue weighted by Crippen LogP contribution is -2.05. The molecule has 1 aromatic carbocycles. The maximum absolute atomic E-state index is 12.9. The van der Waals surface area contributed by atoms with Crippen molar-refractivity contribution in [2.45, 2.75) is 6.92 Å². The summed E-state index contributed by atoms with van der Waals surface area (Å²) >= 11 is 0. The first-order chi connectivity index (χ1) is 8.11. The fourth-order valence-corrected chi connectivity index (χ4v) is 1.18. The molecule has 0 bridgehead atoms. The second kappa shape index (κ2) is 6.65. The number of hydrogen-bond donors (Lipinski definition) is 2. The zero-order valence-corrected chi connectivity index (χ0v) is 9.57. The van der Waals surface area contributed by atoms with Crippen LogP contribution in [0.15, 0.2) is 36.2 Å². The van der Waals surface area contributed by atoms with E-state index in [0.29, 0.717) is 11.4 Å². The largest absolute Gasteiger partial charge is 0.487 e. The average Bonchev–Trinajstić information content (AvgIpc) is 2.28. The zero-order chi connectivity index (χ0) is 12.7. The SMILES string of the molecule is CC(=O)Nc1ccc(OC/C(F)=C/CN)cc1. The van der Waals surface area contributed by atoms with Gasteiger partial charge in [0, 0.05) is 19.2 Å². The Balaban J connectivity index is 2.51. The molecule has 0 fully saturated rings. The van der Waals surface area contributed by atoms with Crippen LogP contribution in [0.5, 0.6) is 5.75 Å². The normalized spacial score (nSPS) is 11.1. The molecule has 0 saturated carbocycles. The molecular formula is C12H15FN2O2. The molecule has 0 saturated heterocycles. The van der Waals surface area contributed by atoms with E-state index in [-0.39, 0.29) is 19.1 Å². The van der Waals surface area contributed by atoms with Gasteiger partial charge in [0.1, 0.15) is 18.2 Å². The molecule has 3 N–H and O–H groups in total. The molecule has 0 spiro atoms. The summed E-state index contributed by atoms with van der Waals surface area (Å²) in [6, 6.07) is 6.67. The summed E-state index contributed by atoms with van der Waals surface area (Å²) in [5.74, 6) is -0.0197. The first-order valence-electron chi connectivity index (χ1n) is 5.17. The van der Waals surface area contributed by atoms with E-state index in [2.05, 4.69) is 5.32 Å². The van der Waals surface area contributed by atoms with Gasteiger partial charge in [0.25, 0.3) is 0 Å². The number of carbonyl (C=O) groups excluding carboxylic acids is 1. The summed E-state index contributed by atoms with van der Waals surface area (Å²) in [6.45, 7) is 1.44. The summed E-state index contributed by atoms with van der Waals surface area (Å²) in [5.41, 5.74) is 5.82. The smallest absolute Gasteiger partial charge is 0.221 e. The summed E-state index contributed by atoms with van der Waals surface area (Å²) in [4.78, 5) is 10.8. The van der Waals surface area contributed by atoms with Crippen LogP contribution < -0.4 is 15.8 Å². The zero-order valence-electron chi connectivity index (χ0n) is 9.57. The molecule has 0 aliphatic rings. The lowest BCUT2D eigenvalue weighted by molar-refractivity contribution is -0.114. The number of amides is 1. The summed E-state index contributed by atoms with van der Waals surface area (Å²) in [5, 5.41) is 2.62. The molecule has 17 heavy (non-hydrogen) atoms. The van der Waals surface area contributed by atoms with E-state index in [1.54, 1.807) is 24.3 Å². The minimum absolute atomic E-state index is 0.142. The van der Waals surface area contributed by atoms with Crippen LogP contribution in [0.2, 0.25) is 0 Å². The van der Waals surface area contributed by atoms with Gasteiger partial charge in [0.05, 0.1) is 0 Å². The third kappa shape index (κ3) is 5.12. The molecule has 1 rings (SSSR count). The Kier molecular flexibility index (Phi) is 5.16. The van der Waals surface area contributed by atoms with Crippen molar-refractivity contribution in [2.75, 3.05) is 18.5 Å². The molecule has 0 atom stereocenters. The van der Waals surface area contributed by atoms with Gasteiger partial charge in [-0.25, -0.2) is 4.39 Å². The van der Waals surface area contributed by atoms with Gasteiger partial charge >= 0.3 is 0 Å². The van der Waals surface area contributed by atoms with Crippen molar-refractivity contribution in [3.05, 3.63) is 36.2 Å². The second-order valence-corrected chi connectivity index (χ2v) is 3.38. The number of hydrogen-bond acceptors (Lipinski definition) is 3. The monoisotopic (exact) mass is 238 g/mol. The van der Waals surface area contributed by atoms with Crippen molar-refractivity contribution in [1.82, 2.24) is 0 Å². The maximum atomic E-state index is 12.9. The van der Waals surface area contributed by atoms with Crippen molar-refractivity contribution in [3.63, 3.8) is 0 Å². The highest BCUT2D eigenvalue weighted by Crippen LogP contribution is 2.16. The van der Waals surface area contributed by atoms with E-state index in [1.807, 2.05) is 0 Å². The fraction of sp³-hybridized carbons (Fsp3) is 0.250. The highest BCUT2D eigenvalue weighted by Gasteiger charge is 1.99. The minimum atomic E-state index is -0.404. The summed E-state index contributed by atoms with van der Waals surface area (Å²) < 4.78 is 18.1. The van der Waals surface area contributed by atoms with E-state index >= 15 is 0 Å². The van der Waals surface area contributed by atoms with Crippen molar-refractivity contribution < 1.29 is 13.9 Å². The van der Waals surface area contributed by atoms with Crippen molar-refractivity contribution in [1.29, 1.82) is 0 Å². The standard InChI is InChI=1S/C12H15FN2O2/c1-9(16)15-11-2-4-12(5-3-11)17-8-10(13)6-7-14/h2-6H,7-8,14H2,1H3,(H,15,16)/b10-6-. The molecular weight excluding hydrogens is 223 g/mol. The van der Waals surface area contributed by atoms with Gasteiger partial charge < -0.3 is 15.8 Å². The first-order valence-corrected chi connectivity index (χ1v) is 5.17. The van der Waals surface area contributed by atoms with Crippen LogP contribution in [0.1, 0.15) is 6.92 Å². The van der Waals surface area contributed by atoms with Crippen LogP contribution in [-0.4, -0.2) is 19.1 Å². The molecule has 0 aromatic heterocycles. The Hall–Kier alpha value is -1.88. The first kappa shape index (κ1) is 13.2. The van der Waals surface area contributed by atoms with E-state index < -0.39 is 5.83 Å². The van der Waals surface area contributed by atoms with Crippen LogP contribution in [0.25, 0.3) is 0 Å². The van der Waals surface area contributed by atoms with Crippen LogP contribution in [0, 0.1) is 0 Å². The van der Waals surface area contributed by atoms with Crippen molar-refractivity contribution >= 4 is 11.6 Å². The van der Waals surface area contributed by atoms with Gasteiger partial charge in [-0.2, -0.15) is 0 Å². The second-order valence-electron chi connectivity index (χ2n) is 3.38. The highest BCUT2D eigenvalue weighted by molar-refractivity contribution is 5.88. The van der Waals surface area contributed by atoms with E-state index in [0.717, 1.165) is 0 Å². The van der Waals surface area contributed by atoms with Crippen LogP contribution in [0.3, 0.4) is 0 Å². The van der Waals surface area contributed by atoms with Crippen molar-refractivity contribution in [2.24, 2.45) is 5.73 Å². The van der Waals surface area contributed by atoms with Crippen molar-refractivity contribution in [3.8, 4) is 5.75 Å². The maximum Gasteiger partial charge on any atom is 0.221 e. The molecule has 0 radical (unpaired) electrons. The lowest BCUT2D eigenvalue weighted by atomic mass is 10.3. The molecule has 0 aliphatic heterocycles. The Morgan fingerprint density at radius 2 is 2.12 bits per heavy atom. The Labute approximate surface area is 99.3 Å². The van der Waals surface area contributed by atoms with Gasteiger partial charge in [0.2, 0.25) is 5.91 Å². The molecule has 0 aliphatic carbocycles. The predicted octanol–water partition coefficient (Wildman–Crippen LogP) is 1.84. The highest BCUT2D eigenvalue weighted by atomic mass is 19.1. The molecule has 5 heteroatoms. The van der Waals surface area contributed by atoms with Gasteiger partial charge in [-0.15, -0.1) is 0 Å². The number of nitrogens with one attached hydrogen (secondary N) is 1. The van der Waals surface area contributed by atoms with Gasteiger partial charge in [0.15, 0.2) is 0 Å². The lowest BCUT2D eigenvalue weighted by Gasteiger charge is -2.06. The Morgan fingerprint density at radius 3 is 2.65 bits per heavy atom. The topological polar surface area (TPSA) is 64.3 Å². The number of halogens is 1. The number of benzene rings is 1. The fourth-order valence-electron chi connectivity index (χ4n) is 1.18. The molecule has 1 aromatic rings. The molecule has 0 heterocycles. The third-order valence-electron chi connectivity index (χ3n) is 1.89. The van der Waals surface area contributed by atoms with Crippen LogP contribution in [-0.2, 0) is 4.79 Å². The summed E-state index contributed by atoms with van der Waals surface area (Å²) in [7, 11) is 0. The predicted molar refractivity (Wildman–Crippen MR) is 64.5 cm³/mol. The van der Waals surface area contributed by atoms with E-state index in [4.69, 9.17) is 10.5 Å². The molecule has 92 valence electrons. The van der Waals surface area contributed by atoms with Crippen LogP contribution in [0.4, 0.5) is 10.1 Å². The third-order valence-corrected chi connectivity index (χ3v) is 1.89. The number of ether oxygens (including phenoxy) is 1. The van der Waals surface area contributed by atoms with E-state index in [9.17, 15) is 9.18 Å². The van der Waals surface area contributed by atoms with E-state index in [1.165, 1.54) is 13.0 Å².